The second-order valence-electron chi connectivity index (χ2n) is 5.26. The fourth-order valence-corrected chi connectivity index (χ4v) is 2.28. The van der Waals surface area contributed by atoms with Crippen LogP contribution in [0.1, 0.15) is 12.5 Å². The van der Waals surface area contributed by atoms with Gasteiger partial charge in [-0.05, 0) is 17.7 Å². The lowest BCUT2D eigenvalue weighted by molar-refractivity contribution is -0.143. The molecule has 1 unspecified atom stereocenters. The van der Waals surface area contributed by atoms with E-state index in [1.807, 2.05) is 30.3 Å². The van der Waals surface area contributed by atoms with Crippen LogP contribution in [0.5, 0.6) is 17.2 Å². The quantitative estimate of drug-likeness (QED) is 0.514. The van der Waals surface area contributed by atoms with Crippen molar-refractivity contribution >= 4 is 12.4 Å². The van der Waals surface area contributed by atoms with E-state index in [0.29, 0.717) is 30.1 Å². The van der Waals surface area contributed by atoms with Gasteiger partial charge in [0.2, 0.25) is 0 Å². The molecule has 0 aliphatic carbocycles. The van der Waals surface area contributed by atoms with Gasteiger partial charge >= 0.3 is 5.97 Å². The SMILES string of the molecule is COc1cc(OC=O)ccc1OC(COC(C)=O)Cc1ccccc1. The number of carbonyl (C=O) groups excluding carboxylic acids is 2. The molecule has 0 saturated carbocycles. The van der Waals surface area contributed by atoms with Gasteiger partial charge in [-0.3, -0.25) is 9.59 Å². The highest BCUT2D eigenvalue weighted by Gasteiger charge is 2.17. The van der Waals surface area contributed by atoms with Gasteiger partial charge in [-0.15, -0.1) is 0 Å². The van der Waals surface area contributed by atoms with Gasteiger partial charge in [-0.1, -0.05) is 30.3 Å². The van der Waals surface area contributed by atoms with Gasteiger partial charge in [0, 0.05) is 19.4 Å². The van der Waals surface area contributed by atoms with E-state index in [2.05, 4.69) is 0 Å². The Morgan fingerprint density at radius 1 is 1.12 bits per heavy atom. The summed E-state index contributed by atoms with van der Waals surface area (Å²) in [6.07, 6.45) is 0.169. The van der Waals surface area contributed by atoms with Crippen molar-refractivity contribution in [2.24, 2.45) is 0 Å². The van der Waals surface area contributed by atoms with E-state index in [1.165, 1.54) is 14.0 Å². The molecule has 0 bridgehead atoms. The topological polar surface area (TPSA) is 71.1 Å². The summed E-state index contributed by atoms with van der Waals surface area (Å²) in [6.45, 7) is 1.81. The number of ether oxygens (including phenoxy) is 4. The van der Waals surface area contributed by atoms with Crippen molar-refractivity contribution in [1.29, 1.82) is 0 Å². The summed E-state index contributed by atoms with van der Waals surface area (Å²) < 4.78 is 21.2. The standard InChI is InChI=1S/C19H20O6/c1-14(21)23-12-17(10-15-6-4-3-5-7-15)25-18-9-8-16(24-13-20)11-19(18)22-2/h3-9,11,13,17H,10,12H2,1-2H3. The van der Waals surface area contributed by atoms with Crippen molar-refractivity contribution in [3.05, 3.63) is 54.1 Å². The van der Waals surface area contributed by atoms with Crippen molar-refractivity contribution in [3.63, 3.8) is 0 Å². The molecular formula is C19H20O6. The lowest BCUT2D eigenvalue weighted by Gasteiger charge is -2.20. The first kappa shape index (κ1) is 18.3. The third-order valence-corrected chi connectivity index (χ3v) is 3.39. The molecule has 1 atom stereocenters. The molecule has 25 heavy (non-hydrogen) atoms. The van der Waals surface area contributed by atoms with Gasteiger partial charge in [0.15, 0.2) is 11.5 Å². The van der Waals surface area contributed by atoms with Crippen molar-refractivity contribution < 1.29 is 28.5 Å². The van der Waals surface area contributed by atoms with Crippen LogP contribution in [0.4, 0.5) is 0 Å². The first-order valence-electron chi connectivity index (χ1n) is 7.74. The minimum atomic E-state index is -0.391. The maximum atomic E-state index is 11.1. The van der Waals surface area contributed by atoms with Crippen LogP contribution in [-0.2, 0) is 20.7 Å². The summed E-state index contributed by atoms with van der Waals surface area (Å²) in [5, 5.41) is 0. The summed E-state index contributed by atoms with van der Waals surface area (Å²) >= 11 is 0. The Morgan fingerprint density at radius 2 is 1.88 bits per heavy atom. The molecule has 132 valence electrons. The second kappa shape index (κ2) is 9.32. The molecule has 0 spiro atoms. The Hall–Kier alpha value is -3.02. The first-order chi connectivity index (χ1) is 12.1. The maximum Gasteiger partial charge on any atom is 0.302 e. The molecule has 0 aromatic heterocycles. The Labute approximate surface area is 146 Å². The van der Waals surface area contributed by atoms with Crippen molar-refractivity contribution in [3.8, 4) is 17.2 Å². The van der Waals surface area contributed by atoms with E-state index in [0.717, 1.165) is 5.56 Å². The highest BCUT2D eigenvalue weighted by molar-refractivity contribution is 5.65. The average Bonchev–Trinajstić information content (AvgIpc) is 2.62. The Morgan fingerprint density at radius 3 is 2.52 bits per heavy atom. The number of hydrogen-bond acceptors (Lipinski definition) is 6. The molecule has 0 aliphatic heterocycles. The van der Waals surface area contributed by atoms with Crippen LogP contribution in [0, 0.1) is 0 Å². The summed E-state index contributed by atoms with van der Waals surface area (Å²) in [7, 11) is 1.49. The third kappa shape index (κ3) is 5.84. The third-order valence-electron chi connectivity index (χ3n) is 3.39. The molecule has 0 heterocycles. The average molecular weight is 344 g/mol. The van der Waals surface area contributed by atoms with Crippen LogP contribution in [0.2, 0.25) is 0 Å². The van der Waals surface area contributed by atoms with Crippen LogP contribution < -0.4 is 14.2 Å². The number of methoxy groups -OCH3 is 1. The molecule has 2 rings (SSSR count). The zero-order valence-corrected chi connectivity index (χ0v) is 14.1. The number of rotatable bonds is 9. The van der Waals surface area contributed by atoms with Crippen molar-refractivity contribution in [1.82, 2.24) is 0 Å². The fraction of sp³-hybridized carbons (Fsp3) is 0.263. The molecule has 0 fully saturated rings. The molecule has 0 radical (unpaired) electrons. The van der Waals surface area contributed by atoms with Crippen molar-refractivity contribution in [2.45, 2.75) is 19.4 Å². The number of esters is 1. The monoisotopic (exact) mass is 344 g/mol. The van der Waals surface area contributed by atoms with E-state index >= 15 is 0 Å². The largest absolute Gasteiger partial charge is 0.493 e. The van der Waals surface area contributed by atoms with E-state index < -0.39 is 6.10 Å². The van der Waals surface area contributed by atoms with E-state index in [9.17, 15) is 9.59 Å². The summed E-state index contributed by atoms with van der Waals surface area (Å²) in [6, 6.07) is 14.5. The molecule has 0 saturated heterocycles. The first-order valence-corrected chi connectivity index (χ1v) is 7.74. The molecule has 0 N–H and O–H groups in total. The van der Waals surface area contributed by atoms with Crippen LogP contribution in [0.25, 0.3) is 0 Å². The van der Waals surface area contributed by atoms with E-state index in [1.54, 1.807) is 18.2 Å². The normalized spacial score (nSPS) is 11.3. The minimum absolute atomic E-state index is 0.111. The van der Waals surface area contributed by atoms with Gasteiger partial charge in [-0.25, -0.2) is 0 Å². The predicted octanol–water partition coefficient (Wildman–Crippen LogP) is 2.78. The highest BCUT2D eigenvalue weighted by Crippen LogP contribution is 2.32. The van der Waals surface area contributed by atoms with Gasteiger partial charge < -0.3 is 18.9 Å². The van der Waals surface area contributed by atoms with Gasteiger partial charge in [-0.2, -0.15) is 0 Å². The van der Waals surface area contributed by atoms with Gasteiger partial charge in [0.1, 0.15) is 18.5 Å². The number of benzene rings is 2. The number of carbonyl (C=O) groups is 2. The van der Waals surface area contributed by atoms with Crippen LogP contribution in [0.3, 0.4) is 0 Å². The molecule has 0 amide bonds. The van der Waals surface area contributed by atoms with Crippen LogP contribution >= 0.6 is 0 Å². The Kier molecular flexibility index (Phi) is 6.83. The summed E-state index contributed by atoms with van der Waals surface area (Å²) in [5.41, 5.74) is 1.06. The zero-order valence-electron chi connectivity index (χ0n) is 14.1. The smallest absolute Gasteiger partial charge is 0.302 e. The molecule has 0 aliphatic rings. The lowest BCUT2D eigenvalue weighted by Crippen LogP contribution is -2.27. The Balaban J connectivity index is 2.16. The van der Waals surface area contributed by atoms with Crippen LogP contribution in [0.15, 0.2) is 48.5 Å². The highest BCUT2D eigenvalue weighted by atomic mass is 16.6. The van der Waals surface area contributed by atoms with Gasteiger partial charge in [0.25, 0.3) is 6.47 Å². The number of hydrogen-bond donors (Lipinski definition) is 0. The summed E-state index contributed by atoms with van der Waals surface area (Å²) in [5.74, 6) is 0.858. The molecule has 2 aromatic rings. The fourth-order valence-electron chi connectivity index (χ4n) is 2.28. The summed E-state index contributed by atoms with van der Waals surface area (Å²) in [4.78, 5) is 21.6. The zero-order chi connectivity index (χ0) is 18.1. The molecule has 6 nitrogen and oxygen atoms in total. The van der Waals surface area contributed by atoms with E-state index in [-0.39, 0.29) is 12.6 Å². The lowest BCUT2D eigenvalue weighted by atomic mass is 10.1. The Bertz CT molecular complexity index is 698. The van der Waals surface area contributed by atoms with E-state index in [4.69, 9.17) is 18.9 Å². The maximum absolute atomic E-state index is 11.1. The molecular weight excluding hydrogens is 324 g/mol. The van der Waals surface area contributed by atoms with Gasteiger partial charge in [0.05, 0.1) is 7.11 Å². The predicted molar refractivity (Wildman–Crippen MR) is 90.9 cm³/mol. The van der Waals surface area contributed by atoms with Crippen molar-refractivity contribution in [2.75, 3.05) is 13.7 Å². The second-order valence-corrected chi connectivity index (χ2v) is 5.26. The van der Waals surface area contributed by atoms with Crippen LogP contribution in [-0.4, -0.2) is 32.3 Å². The minimum Gasteiger partial charge on any atom is -0.493 e. The molecule has 6 heteroatoms. The molecule has 2 aromatic carbocycles.